The van der Waals surface area contributed by atoms with Crippen molar-refractivity contribution in [2.45, 2.75) is 0 Å². The topological polar surface area (TPSA) is 97.9 Å². The molecule has 0 aliphatic heterocycles. The first-order valence-corrected chi connectivity index (χ1v) is 9.73. The molecule has 0 aliphatic rings. The molecule has 30 heavy (non-hydrogen) atoms. The van der Waals surface area contributed by atoms with Crippen molar-refractivity contribution in [1.82, 2.24) is 16.2 Å². The number of rotatable bonds is 6. The molecule has 0 radical (unpaired) electrons. The molecular weight excluding hydrogens is 474 g/mol. The molecule has 158 valence electrons. The zero-order valence-corrected chi connectivity index (χ0v) is 18.8. The lowest BCUT2D eigenvalue weighted by Gasteiger charge is -2.11. The summed E-state index contributed by atoms with van der Waals surface area (Å²) in [6.45, 7) is 0. The van der Waals surface area contributed by atoms with Crippen LogP contribution in [0.1, 0.15) is 15.9 Å². The van der Waals surface area contributed by atoms with Crippen LogP contribution in [0.25, 0.3) is 6.08 Å². The molecule has 3 N–H and O–H groups in total. The van der Waals surface area contributed by atoms with Gasteiger partial charge in [-0.15, -0.1) is 0 Å². The predicted molar refractivity (Wildman–Crippen MR) is 121 cm³/mol. The summed E-state index contributed by atoms with van der Waals surface area (Å²) in [5.74, 6) is 0.831. The summed E-state index contributed by atoms with van der Waals surface area (Å²) in [6, 6.07) is 10.1. The maximum Gasteiger partial charge on any atom is 0.269 e. The van der Waals surface area contributed by atoms with Crippen LogP contribution in [-0.4, -0.2) is 38.3 Å². The van der Waals surface area contributed by atoms with Gasteiger partial charge in [-0.1, -0.05) is 6.07 Å². The van der Waals surface area contributed by atoms with E-state index in [4.69, 9.17) is 26.4 Å². The van der Waals surface area contributed by atoms with E-state index in [1.165, 1.54) is 20.3 Å². The number of halogens is 1. The summed E-state index contributed by atoms with van der Waals surface area (Å²) in [6.07, 6.45) is 2.89. The first-order valence-electron chi connectivity index (χ1n) is 8.53. The number of methoxy groups -OCH3 is 3. The van der Waals surface area contributed by atoms with E-state index in [-0.39, 0.29) is 5.11 Å². The number of benzene rings is 2. The number of ether oxygens (including phenoxy) is 3. The van der Waals surface area contributed by atoms with Crippen LogP contribution < -0.4 is 30.4 Å². The fraction of sp³-hybridized carbons (Fsp3) is 0.150. The molecule has 0 fully saturated rings. The number of carbonyl (C=O) groups is 2. The van der Waals surface area contributed by atoms with E-state index in [0.29, 0.717) is 27.3 Å². The monoisotopic (exact) mass is 493 g/mol. The molecule has 0 heterocycles. The largest absolute Gasteiger partial charge is 0.496 e. The molecule has 0 saturated carbocycles. The van der Waals surface area contributed by atoms with Crippen molar-refractivity contribution >= 4 is 51.2 Å². The van der Waals surface area contributed by atoms with E-state index < -0.39 is 11.8 Å². The Labute approximate surface area is 187 Å². The fourth-order valence-electron chi connectivity index (χ4n) is 2.31. The van der Waals surface area contributed by atoms with E-state index in [1.54, 1.807) is 49.6 Å². The lowest BCUT2D eigenvalue weighted by Crippen LogP contribution is -2.48. The zero-order chi connectivity index (χ0) is 22.1. The van der Waals surface area contributed by atoms with E-state index in [9.17, 15) is 9.59 Å². The molecule has 0 saturated heterocycles. The maximum atomic E-state index is 12.2. The van der Waals surface area contributed by atoms with Crippen molar-refractivity contribution in [1.29, 1.82) is 0 Å². The Bertz CT molecular complexity index is 981. The molecule has 0 unspecified atom stereocenters. The number of thiocarbonyl (C=S) groups is 1. The molecule has 0 bridgehead atoms. The Morgan fingerprint density at radius 3 is 2.23 bits per heavy atom. The number of nitrogens with one attached hydrogen (secondary N) is 3. The first kappa shape index (κ1) is 23.2. The van der Waals surface area contributed by atoms with E-state index in [0.717, 1.165) is 5.56 Å². The second kappa shape index (κ2) is 11.2. The number of amides is 2. The van der Waals surface area contributed by atoms with Crippen LogP contribution in [-0.2, 0) is 4.79 Å². The second-order valence-electron chi connectivity index (χ2n) is 5.69. The molecule has 2 aromatic rings. The highest BCUT2D eigenvalue weighted by Gasteiger charge is 2.10. The quantitative estimate of drug-likeness (QED) is 0.323. The summed E-state index contributed by atoms with van der Waals surface area (Å²) in [4.78, 5) is 24.2. The molecule has 2 aromatic carbocycles. The highest BCUT2D eigenvalue weighted by molar-refractivity contribution is 9.10. The van der Waals surface area contributed by atoms with Crippen LogP contribution in [0.4, 0.5) is 0 Å². The van der Waals surface area contributed by atoms with Gasteiger partial charge in [0.1, 0.15) is 5.75 Å². The highest BCUT2D eigenvalue weighted by Crippen LogP contribution is 2.28. The van der Waals surface area contributed by atoms with Gasteiger partial charge in [-0.25, -0.2) is 0 Å². The zero-order valence-electron chi connectivity index (χ0n) is 16.4. The summed E-state index contributed by atoms with van der Waals surface area (Å²) in [5.41, 5.74) is 5.99. The van der Waals surface area contributed by atoms with Gasteiger partial charge in [0.15, 0.2) is 16.6 Å². The van der Waals surface area contributed by atoms with Crippen molar-refractivity contribution in [3.63, 3.8) is 0 Å². The van der Waals surface area contributed by atoms with Gasteiger partial charge in [-0.3, -0.25) is 25.8 Å². The molecule has 2 amide bonds. The van der Waals surface area contributed by atoms with Gasteiger partial charge in [-0.2, -0.15) is 0 Å². The second-order valence-corrected chi connectivity index (χ2v) is 6.96. The molecule has 10 heteroatoms. The third-order valence-corrected chi connectivity index (χ3v) is 4.60. The van der Waals surface area contributed by atoms with Gasteiger partial charge in [0.25, 0.3) is 5.91 Å². The summed E-state index contributed by atoms with van der Waals surface area (Å²) >= 11 is 8.32. The highest BCUT2D eigenvalue weighted by atomic mass is 79.9. The van der Waals surface area contributed by atoms with Gasteiger partial charge in [-0.05, 0) is 70.1 Å². The normalized spacial score (nSPS) is 10.3. The minimum absolute atomic E-state index is 0.0575. The third kappa shape index (κ3) is 6.46. The Balaban J connectivity index is 1.87. The van der Waals surface area contributed by atoms with E-state index in [2.05, 4.69) is 32.1 Å². The fourth-order valence-corrected chi connectivity index (χ4v) is 3.00. The standard InChI is InChI=1S/C20H20BrN3O5S/c1-27-15-8-6-13(11-14(15)21)19(26)23-24-20(30)22-18(25)9-5-12-4-7-16(28-2)17(10-12)29-3/h4-11H,1-3H3,(H,23,26)(H2,22,24,25,30). The average molecular weight is 494 g/mol. The SMILES string of the molecule is COc1ccc(C(=O)NNC(=S)NC(=O)C=Cc2ccc(OC)c(OC)c2)cc1Br. The van der Waals surface area contributed by atoms with Crippen molar-refractivity contribution in [3.05, 3.63) is 58.1 Å². The smallest absolute Gasteiger partial charge is 0.269 e. The number of hydrazine groups is 1. The summed E-state index contributed by atoms with van der Waals surface area (Å²) in [5, 5.41) is 2.37. The van der Waals surface area contributed by atoms with E-state index in [1.807, 2.05) is 0 Å². The van der Waals surface area contributed by atoms with Crippen molar-refractivity contribution in [2.75, 3.05) is 21.3 Å². The van der Waals surface area contributed by atoms with Crippen molar-refractivity contribution in [2.24, 2.45) is 0 Å². The van der Waals surface area contributed by atoms with Crippen LogP contribution in [0.2, 0.25) is 0 Å². The van der Waals surface area contributed by atoms with Crippen LogP contribution in [0.3, 0.4) is 0 Å². The van der Waals surface area contributed by atoms with Crippen molar-refractivity contribution in [3.8, 4) is 17.2 Å². The Kier molecular flexibility index (Phi) is 8.63. The van der Waals surface area contributed by atoms with Crippen LogP contribution in [0, 0.1) is 0 Å². The van der Waals surface area contributed by atoms with Gasteiger partial charge in [0, 0.05) is 11.6 Å². The Morgan fingerprint density at radius 1 is 0.933 bits per heavy atom. The molecule has 0 atom stereocenters. The lowest BCUT2D eigenvalue weighted by molar-refractivity contribution is -0.115. The van der Waals surface area contributed by atoms with Crippen molar-refractivity contribution < 1.29 is 23.8 Å². The number of hydrogen-bond acceptors (Lipinski definition) is 6. The molecule has 8 nitrogen and oxygen atoms in total. The van der Waals surface area contributed by atoms with Gasteiger partial charge >= 0.3 is 0 Å². The minimum atomic E-state index is -0.469. The number of hydrogen-bond donors (Lipinski definition) is 3. The summed E-state index contributed by atoms with van der Waals surface area (Å²) in [7, 11) is 4.60. The van der Waals surface area contributed by atoms with Gasteiger partial charge in [0.05, 0.1) is 25.8 Å². The van der Waals surface area contributed by atoms with Crippen LogP contribution in [0.5, 0.6) is 17.2 Å². The average Bonchev–Trinajstić information content (AvgIpc) is 2.75. The summed E-state index contributed by atoms with van der Waals surface area (Å²) < 4.78 is 16.1. The first-order chi connectivity index (χ1) is 14.4. The predicted octanol–water partition coefficient (Wildman–Crippen LogP) is 2.82. The third-order valence-electron chi connectivity index (χ3n) is 3.78. The Hall–Kier alpha value is -3.11. The maximum absolute atomic E-state index is 12.2. The number of carbonyl (C=O) groups excluding carboxylic acids is 2. The minimum Gasteiger partial charge on any atom is -0.496 e. The van der Waals surface area contributed by atoms with Gasteiger partial charge in [0.2, 0.25) is 5.91 Å². The van der Waals surface area contributed by atoms with Crippen LogP contribution >= 0.6 is 28.1 Å². The Morgan fingerprint density at radius 2 is 1.60 bits per heavy atom. The molecular formula is C20H20BrN3O5S. The molecule has 0 aromatic heterocycles. The molecule has 2 rings (SSSR count). The molecule has 0 spiro atoms. The van der Waals surface area contributed by atoms with Crippen LogP contribution in [0.15, 0.2) is 46.9 Å². The van der Waals surface area contributed by atoms with Gasteiger partial charge < -0.3 is 14.2 Å². The molecule has 0 aliphatic carbocycles. The lowest BCUT2D eigenvalue weighted by atomic mass is 10.2. The van der Waals surface area contributed by atoms with E-state index >= 15 is 0 Å².